The van der Waals surface area contributed by atoms with E-state index in [4.69, 9.17) is 5.11 Å². The summed E-state index contributed by atoms with van der Waals surface area (Å²) >= 11 is 4.80. The fraction of sp³-hybridized carbons (Fsp3) is 0.462. The molecule has 1 N–H and O–H groups in total. The van der Waals surface area contributed by atoms with Gasteiger partial charge in [-0.05, 0) is 53.7 Å². The van der Waals surface area contributed by atoms with Gasteiger partial charge < -0.3 is 5.11 Å². The third-order valence-electron chi connectivity index (χ3n) is 3.15. The summed E-state index contributed by atoms with van der Waals surface area (Å²) in [4.78, 5) is 11.1. The zero-order valence-corrected chi connectivity index (χ0v) is 15.5. The molecule has 0 fully saturated rings. The second kappa shape index (κ2) is 7.13. The van der Waals surface area contributed by atoms with E-state index < -0.39 is 16.0 Å². The molecule has 8 heteroatoms. The van der Waals surface area contributed by atoms with Crippen LogP contribution in [-0.2, 0) is 10.0 Å². The molecule has 0 aromatic heterocycles. The van der Waals surface area contributed by atoms with Gasteiger partial charge in [-0.3, -0.25) is 0 Å². The van der Waals surface area contributed by atoms with Crippen molar-refractivity contribution < 1.29 is 18.3 Å². The fourth-order valence-electron chi connectivity index (χ4n) is 1.79. The van der Waals surface area contributed by atoms with Crippen molar-refractivity contribution in [3.8, 4) is 0 Å². The Morgan fingerprint density at radius 3 is 2.52 bits per heavy atom. The highest BCUT2D eigenvalue weighted by atomic mass is 79.9. The second-order valence-electron chi connectivity index (χ2n) is 4.74. The number of nitrogens with zero attached hydrogens (tertiary/aromatic N) is 1. The standard InChI is InChI=1S/C13H18BrNO4S2/c1-8-5-10(13(16)17)6-11(12(8)14)21(18,19)15(3)9(2)7-20-4/h5-6,9H,7H2,1-4H3,(H,16,17). The van der Waals surface area contributed by atoms with Crippen LogP contribution in [0.25, 0.3) is 0 Å². The molecule has 0 saturated heterocycles. The van der Waals surface area contributed by atoms with E-state index in [2.05, 4.69) is 15.9 Å². The highest BCUT2D eigenvalue weighted by Crippen LogP contribution is 2.30. The monoisotopic (exact) mass is 395 g/mol. The first-order chi connectivity index (χ1) is 9.62. The maximum absolute atomic E-state index is 12.7. The van der Waals surface area contributed by atoms with Gasteiger partial charge in [0.05, 0.1) is 10.5 Å². The maximum atomic E-state index is 12.7. The van der Waals surface area contributed by atoms with Crippen LogP contribution in [0.2, 0.25) is 0 Å². The minimum absolute atomic E-state index is 0.0182. The number of sulfonamides is 1. The van der Waals surface area contributed by atoms with Crippen LogP contribution < -0.4 is 0 Å². The van der Waals surface area contributed by atoms with Gasteiger partial charge in [0, 0.05) is 23.3 Å². The zero-order valence-electron chi connectivity index (χ0n) is 12.3. The number of hydrogen-bond donors (Lipinski definition) is 1. The third-order valence-corrected chi connectivity index (χ3v) is 7.28. The van der Waals surface area contributed by atoms with E-state index in [0.29, 0.717) is 15.8 Å². The molecule has 1 rings (SSSR count). The average molecular weight is 396 g/mol. The Morgan fingerprint density at radius 1 is 1.48 bits per heavy atom. The maximum Gasteiger partial charge on any atom is 0.335 e. The Morgan fingerprint density at radius 2 is 2.05 bits per heavy atom. The molecule has 1 atom stereocenters. The summed E-state index contributed by atoms with van der Waals surface area (Å²) in [6, 6.07) is 2.44. The fourth-order valence-corrected chi connectivity index (χ4v) is 4.95. The molecule has 0 bridgehead atoms. The van der Waals surface area contributed by atoms with Gasteiger partial charge in [0.1, 0.15) is 0 Å². The van der Waals surface area contributed by atoms with Gasteiger partial charge in [-0.15, -0.1) is 0 Å². The van der Waals surface area contributed by atoms with Crippen LogP contribution in [0.1, 0.15) is 22.8 Å². The first-order valence-corrected chi connectivity index (χ1v) is 9.76. The minimum atomic E-state index is -3.76. The summed E-state index contributed by atoms with van der Waals surface area (Å²) in [6.45, 7) is 3.48. The average Bonchev–Trinajstić information content (AvgIpc) is 2.40. The molecule has 0 aliphatic carbocycles. The van der Waals surface area contributed by atoms with Gasteiger partial charge in [-0.2, -0.15) is 16.1 Å². The first-order valence-electron chi connectivity index (χ1n) is 6.13. The number of carboxylic acid groups (broad SMARTS) is 1. The van der Waals surface area contributed by atoms with Gasteiger partial charge in [0.2, 0.25) is 10.0 Å². The zero-order chi connectivity index (χ0) is 16.4. The molecule has 0 radical (unpaired) electrons. The molecule has 1 aromatic carbocycles. The lowest BCUT2D eigenvalue weighted by molar-refractivity contribution is 0.0696. The number of benzene rings is 1. The van der Waals surface area contributed by atoms with Crippen LogP contribution in [0.4, 0.5) is 0 Å². The van der Waals surface area contributed by atoms with Crippen molar-refractivity contribution in [1.29, 1.82) is 0 Å². The highest BCUT2D eigenvalue weighted by Gasteiger charge is 2.28. The lowest BCUT2D eigenvalue weighted by atomic mass is 10.1. The molecule has 0 heterocycles. The predicted octanol–water partition coefficient (Wildman–Crippen LogP) is 2.83. The van der Waals surface area contributed by atoms with E-state index in [0.717, 1.165) is 0 Å². The van der Waals surface area contributed by atoms with Gasteiger partial charge in [0.25, 0.3) is 0 Å². The van der Waals surface area contributed by atoms with Crippen LogP contribution in [0, 0.1) is 6.92 Å². The topological polar surface area (TPSA) is 74.7 Å². The molecule has 118 valence electrons. The number of rotatable bonds is 6. The van der Waals surface area contributed by atoms with Crippen LogP contribution in [0.5, 0.6) is 0 Å². The summed E-state index contributed by atoms with van der Waals surface area (Å²) in [6.07, 6.45) is 1.90. The normalized spacial score (nSPS) is 13.4. The SMILES string of the molecule is CSCC(C)N(C)S(=O)(=O)c1cc(C(=O)O)cc(C)c1Br. The molecule has 1 aromatic rings. The van der Waals surface area contributed by atoms with E-state index in [9.17, 15) is 13.2 Å². The third kappa shape index (κ3) is 4.00. The van der Waals surface area contributed by atoms with Gasteiger partial charge >= 0.3 is 5.97 Å². The smallest absolute Gasteiger partial charge is 0.335 e. The molecule has 0 saturated carbocycles. The lowest BCUT2D eigenvalue weighted by Gasteiger charge is -2.24. The predicted molar refractivity (Wildman–Crippen MR) is 88.6 cm³/mol. The van der Waals surface area contributed by atoms with Crippen LogP contribution in [-0.4, -0.2) is 48.9 Å². The number of hydrogen-bond acceptors (Lipinski definition) is 4. The largest absolute Gasteiger partial charge is 0.478 e. The summed E-state index contributed by atoms with van der Waals surface area (Å²) in [5.74, 6) is -0.493. The first kappa shape index (κ1) is 18.5. The van der Waals surface area contributed by atoms with Crippen molar-refractivity contribution >= 4 is 43.7 Å². The lowest BCUT2D eigenvalue weighted by Crippen LogP contribution is -2.36. The van der Waals surface area contributed by atoms with Crippen molar-refractivity contribution in [1.82, 2.24) is 4.31 Å². The van der Waals surface area contributed by atoms with Crippen molar-refractivity contribution in [2.75, 3.05) is 19.1 Å². The molecule has 21 heavy (non-hydrogen) atoms. The Balaban J connectivity index is 3.40. The highest BCUT2D eigenvalue weighted by molar-refractivity contribution is 9.10. The second-order valence-corrected chi connectivity index (χ2v) is 8.41. The number of carboxylic acids is 1. The van der Waals surface area contributed by atoms with Gasteiger partial charge in [-0.25, -0.2) is 13.2 Å². The number of aromatic carboxylic acids is 1. The van der Waals surface area contributed by atoms with E-state index in [-0.39, 0.29) is 16.5 Å². The molecule has 0 aliphatic rings. The van der Waals surface area contributed by atoms with Crippen LogP contribution in [0.15, 0.2) is 21.5 Å². The van der Waals surface area contributed by atoms with Crippen LogP contribution >= 0.6 is 27.7 Å². The van der Waals surface area contributed by atoms with E-state index >= 15 is 0 Å². The Labute approximate surface area is 137 Å². The number of aryl methyl sites for hydroxylation is 1. The summed E-state index contributed by atoms with van der Waals surface area (Å²) in [5, 5.41) is 9.10. The number of halogens is 1. The van der Waals surface area contributed by atoms with Crippen molar-refractivity contribution in [2.45, 2.75) is 24.8 Å². The van der Waals surface area contributed by atoms with Crippen molar-refractivity contribution in [3.63, 3.8) is 0 Å². The number of carbonyl (C=O) groups is 1. The Hall–Kier alpha value is -0.570. The Kier molecular flexibility index (Phi) is 6.27. The van der Waals surface area contributed by atoms with Gasteiger partial charge in [-0.1, -0.05) is 0 Å². The van der Waals surface area contributed by atoms with Crippen LogP contribution in [0.3, 0.4) is 0 Å². The molecule has 5 nitrogen and oxygen atoms in total. The number of thioether (sulfide) groups is 1. The van der Waals surface area contributed by atoms with E-state index in [1.807, 2.05) is 13.2 Å². The summed E-state index contributed by atoms with van der Waals surface area (Å²) in [7, 11) is -2.25. The molecular weight excluding hydrogens is 378 g/mol. The molecule has 0 spiro atoms. The Bertz CT molecular complexity index is 646. The molecule has 0 aliphatic heterocycles. The van der Waals surface area contributed by atoms with Crippen molar-refractivity contribution in [2.24, 2.45) is 0 Å². The molecule has 1 unspecified atom stereocenters. The molecule has 0 amide bonds. The van der Waals surface area contributed by atoms with E-state index in [1.165, 1.54) is 23.5 Å². The van der Waals surface area contributed by atoms with E-state index in [1.54, 1.807) is 18.7 Å². The summed E-state index contributed by atoms with van der Waals surface area (Å²) in [5.41, 5.74) is 0.527. The van der Waals surface area contributed by atoms with Crippen molar-refractivity contribution in [3.05, 3.63) is 27.7 Å². The summed E-state index contributed by atoms with van der Waals surface area (Å²) < 4.78 is 27.1. The minimum Gasteiger partial charge on any atom is -0.478 e. The van der Waals surface area contributed by atoms with Gasteiger partial charge in [0.15, 0.2) is 0 Å². The quantitative estimate of drug-likeness (QED) is 0.801. The molecular formula is C13H18BrNO4S2.